The first kappa shape index (κ1) is 19.0. The van der Waals surface area contributed by atoms with Crippen LogP contribution in [0.15, 0.2) is 41.3 Å². The Morgan fingerprint density at radius 2 is 2.00 bits per heavy atom. The van der Waals surface area contributed by atoms with Crippen molar-refractivity contribution in [1.29, 1.82) is 0 Å². The van der Waals surface area contributed by atoms with Crippen molar-refractivity contribution in [1.82, 2.24) is 9.79 Å². The lowest BCUT2D eigenvalue weighted by atomic mass is 9.92. The van der Waals surface area contributed by atoms with E-state index >= 15 is 0 Å². The number of hydroxylamine groups is 1. The van der Waals surface area contributed by atoms with E-state index in [1.54, 1.807) is 5.48 Å². The van der Waals surface area contributed by atoms with Crippen LogP contribution in [0.25, 0.3) is 10.8 Å². The fourth-order valence-electron chi connectivity index (χ4n) is 3.69. The third kappa shape index (κ3) is 4.50. The van der Waals surface area contributed by atoms with Crippen LogP contribution in [0.2, 0.25) is 0 Å². The number of hydrogen-bond donors (Lipinski definition) is 2. The molecule has 1 aliphatic heterocycles. The lowest BCUT2D eigenvalue weighted by Gasteiger charge is -2.31. The predicted molar refractivity (Wildman–Crippen MR) is 103 cm³/mol. The first-order valence-electron chi connectivity index (χ1n) is 9.17. The summed E-state index contributed by atoms with van der Waals surface area (Å²) in [5.41, 5.74) is 2.83. The van der Waals surface area contributed by atoms with Crippen LogP contribution >= 0.6 is 0 Å². The highest BCUT2D eigenvalue weighted by molar-refractivity contribution is 7.82. The number of benzene rings is 2. The number of carbonyl (C=O) groups is 1. The van der Waals surface area contributed by atoms with Gasteiger partial charge in [0.25, 0.3) is 0 Å². The van der Waals surface area contributed by atoms with E-state index in [2.05, 4.69) is 23.4 Å². The van der Waals surface area contributed by atoms with Crippen molar-refractivity contribution in [3.8, 4) is 0 Å². The van der Waals surface area contributed by atoms with Crippen molar-refractivity contribution in [2.24, 2.45) is 5.92 Å². The highest BCUT2D eigenvalue weighted by Crippen LogP contribution is 2.27. The summed E-state index contributed by atoms with van der Waals surface area (Å²) in [5, 5.41) is 10.9. The van der Waals surface area contributed by atoms with Crippen molar-refractivity contribution < 1.29 is 14.2 Å². The second-order valence-electron chi connectivity index (χ2n) is 7.01. The largest absolute Gasteiger partial charge is 0.289 e. The van der Waals surface area contributed by atoms with Gasteiger partial charge in [0.15, 0.2) is 0 Å². The summed E-state index contributed by atoms with van der Waals surface area (Å²) in [7, 11) is -1.13. The van der Waals surface area contributed by atoms with Gasteiger partial charge in [-0.05, 0) is 67.0 Å². The number of fused-ring (bicyclic) bond motifs is 1. The third-order valence-electron chi connectivity index (χ3n) is 5.19. The van der Waals surface area contributed by atoms with E-state index in [9.17, 15) is 9.00 Å². The molecule has 1 aliphatic rings. The molecule has 0 aliphatic carbocycles. The maximum absolute atomic E-state index is 13.0. The summed E-state index contributed by atoms with van der Waals surface area (Å²) in [6.45, 7) is 3.70. The summed E-state index contributed by atoms with van der Waals surface area (Å²) in [4.78, 5) is 11.9. The number of nitrogens with zero attached hydrogens (tertiary/aromatic N) is 1. The van der Waals surface area contributed by atoms with Crippen LogP contribution in [-0.2, 0) is 15.8 Å². The van der Waals surface area contributed by atoms with Gasteiger partial charge in [0.2, 0.25) is 5.91 Å². The molecular formula is C20H26N2O3S. The molecule has 1 saturated heterocycles. The zero-order valence-corrected chi connectivity index (χ0v) is 15.9. The van der Waals surface area contributed by atoms with Gasteiger partial charge in [-0.1, -0.05) is 24.3 Å². The molecule has 0 bridgehead atoms. The Balaban J connectivity index is 1.58. The minimum Gasteiger partial charge on any atom is -0.289 e. The molecule has 2 aromatic rings. The van der Waals surface area contributed by atoms with Gasteiger partial charge >= 0.3 is 0 Å². The van der Waals surface area contributed by atoms with Gasteiger partial charge in [-0.2, -0.15) is 0 Å². The van der Waals surface area contributed by atoms with Gasteiger partial charge in [0, 0.05) is 19.5 Å². The van der Waals surface area contributed by atoms with E-state index < -0.39 is 11.0 Å². The van der Waals surface area contributed by atoms with Crippen molar-refractivity contribution in [2.45, 2.75) is 43.9 Å². The Labute approximate surface area is 156 Å². The molecule has 1 heterocycles. The van der Waals surface area contributed by atoms with Gasteiger partial charge in [-0.3, -0.25) is 10.0 Å². The maximum Gasteiger partial charge on any atom is 0.243 e. The van der Waals surface area contributed by atoms with Crippen molar-refractivity contribution in [3.05, 3.63) is 42.0 Å². The minimum atomic E-state index is -1.13. The monoisotopic (exact) mass is 374 g/mol. The number of hydrogen-bond acceptors (Lipinski definition) is 3. The van der Waals surface area contributed by atoms with E-state index in [4.69, 9.17) is 5.21 Å². The molecular weight excluding hydrogens is 348 g/mol. The number of piperidine rings is 1. The molecule has 0 aromatic heterocycles. The standard InChI is InChI=1S/C20H26N2O3S/c1-15-13-18(14-17-6-2-3-7-19(15)17)26(25)22-11-9-16(10-12-22)5-4-8-20(23)21-24/h2-3,6-7,13-14,16,24H,4-5,8-12H2,1H3,(H,21,23). The van der Waals surface area contributed by atoms with Gasteiger partial charge in [-0.15, -0.1) is 0 Å². The van der Waals surface area contributed by atoms with Gasteiger partial charge in [-0.25, -0.2) is 14.0 Å². The smallest absolute Gasteiger partial charge is 0.243 e. The molecule has 0 spiro atoms. The van der Waals surface area contributed by atoms with Gasteiger partial charge in [0.1, 0.15) is 11.0 Å². The van der Waals surface area contributed by atoms with Crippen LogP contribution < -0.4 is 5.48 Å². The second kappa shape index (κ2) is 8.75. The Bertz CT molecular complexity index is 801. The average Bonchev–Trinajstić information content (AvgIpc) is 2.67. The molecule has 3 rings (SSSR count). The number of amides is 1. The van der Waals surface area contributed by atoms with Gasteiger partial charge in [0.05, 0.1) is 4.90 Å². The van der Waals surface area contributed by atoms with Crippen LogP contribution in [0.3, 0.4) is 0 Å². The fraction of sp³-hybridized carbons (Fsp3) is 0.450. The van der Waals surface area contributed by atoms with E-state index in [0.29, 0.717) is 12.3 Å². The first-order valence-corrected chi connectivity index (χ1v) is 10.3. The number of carbonyl (C=O) groups excluding carboxylic acids is 1. The van der Waals surface area contributed by atoms with Crippen LogP contribution in [0.1, 0.15) is 37.7 Å². The SMILES string of the molecule is Cc1cc(S(=O)N2CCC(CCCC(=O)NO)CC2)cc2ccccc12. The lowest BCUT2D eigenvalue weighted by molar-refractivity contribution is -0.129. The molecule has 0 radical (unpaired) electrons. The highest BCUT2D eigenvalue weighted by Gasteiger charge is 2.24. The van der Waals surface area contributed by atoms with E-state index in [1.807, 2.05) is 24.3 Å². The molecule has 0 saturated carbocycles. The summed E-state index contributed by atoms with van der Waals surface area (Å²) in [5.74, 6) is 0.239. The molecule has 26 heavy (non-hydrogen) atoms. The summed E-state index contributed by atoms with van der Waals surface area (Å²) < 4.78 is 15.1. The zero-order chi connectivity index (χ0) is 18.5. The van der Waals surface area contributed by atoms with Crippen LogP contribution in [0.5, 0.6) is 0 Å². The predicted octanol–water partition coefficient (Wildman–Crippen LogP) is 3.56. The minimum absolute atomic E-state index is 0.324. The van der Waals surface area contributed by atoms with Gasteiger partial charge < -0.3 is 0 Å². The Morgan fingerprint density at radius 3 is 2.73 bits per heavy atom. The number of nitrogens with one attached hydrogen (secondary N) is 1. The second-order valence-corrected chi connectivity index (χ2v) is 8.50. The maximum atomic E-state index is 13.0. The summed E-state index contributed by atoms with van der Waals surface area (Å²) >= 11 is 0. The van der Waals surface area contributed by atoms with Crippen molar-refractivity contribution >= 4 is 27.7 Å². The number of aryl methyl sites for hydroxylation is 1. The normalized spacial score (nSPS) is 17.3. The van der Waals surface area contributed by atoms with Crippen LogP contribution in [0.4, 0.5) is 0 Å². The highest BCUT2D eigenvalue weighted by atomic mass is 32.2. The quantitative estimate of drug-likeness (QED) is 0.600. The Hall–Kier alpha value is -1.76. The van der Waals surface area contributed by atoms with Crippen molar-refractivity contribution in [2.75, 3.05) is 13.1 Å². The molecule has 1 amide bonds. The van der Waals surface area contributed by atoms with E-state index in [-0.39, 0.29) is 5.91 Å². The zero-order valence-electron chi connectivity index (χ0n) is 15.1. The summed E-state index contributed by atoms with van der Waals surface area (Å²) in [6.07, 6.45) is 4.12. The van der Waals surface area contributed by atoms with Crippen LogP contribution in [-0.4, -0.2) is 32.7 Å². The topological polar surface area (TPSA) is 69.6 Å². The van der Waals surface area contributed by atoms with Crippen molar-refractivity contribution in [3.63, 3.8) is 0 Å². The summed E-state index contributed by atoms with van der Waals surface area (Å²) in [6, 6.07) is 12.3. The molecule has 5 nitrogen and oxygen atoms in total. The third-order valence-corrected chi connectivity index (χ3v) is 6.67. The molecule has 2 aromatic carbocycles. The molecule has 2 N–H and O–H groups in total. The average molecular weight is 375 g/mol. The molecule has 1 fully saturated rings. The Kier molecular flexibility index (Phi) is 6.40. The molecule has 140 valence electrons. The lowest BCUT2D eigenvalue weighted by Crippen LogP contribution is -2.35. The van der Waals surface area contributed by atoms with Crippen LogP contribution in [0, 0.1) is 12.8 Å². The van der Waals surface area contributed by atoms with E-state index in [0.717, 1.165) is 54.6 Å². The molecule has 1 unspecified atom stereocenters. The Morgan fingerprint density at radius 1 is 1.27 bits per heavy atom. The molecule has 1 atom stereocenters. The first-order chi connectivity index (χ1) is 12.6. The number of rotatable bonds is 6. The fourth-order valence-corrected chi connectivity index (χ4v) is 5.03. The van der Waals surface area contributed by atoms with E-state index in [1.165, 1.54) is 5.39 Å². The molecule has 6 heteroatoms.